The number of hydrogen-bond acceptors (Lipinski definition) is 2. The summed E-state index contributed by atoms with van der Waals surface area (Å²) < 4.78 is 0. The molecule has 2 aliphatic rings. The van der Waals surface area contributed by atoms with E-state index in [9.17, 15) is 14.7 Å². The summed E-state index contributed by atoms with van der Waals surface area (Å²) in [6.45, 7) is 0. The largest absolute Gasteiger partial charge is 0.481 e. The third-order valence-electron chi connectivity index (χ3n) is 3.59. The van der Waals surface area contributed by atoms with Crippen molar-refractivity contribution in [3.05, 3.63) is 0 Å². The molecule has 0 spiro atoms. The summed E-state index contributed by atoms with van der Waals surface area (Å²) in [6.07, 6.45) is 4.41. The Hall–Kier alpha value is -1.06. The van der Waals surface area contributed by atoms with Crippen LogP contribution in [-0.2, 0) is 9.59 Å². The minimum absolute atomic E-state index is 0.00813. The number of amides is 1. The van der Waals surface area contributed by atoms with Crippen molar-refractivity contribution >= 4 is 11.9 Å². The van der Waals surface area contributed by atoms with E-state index in [1.54, 1.807) is 0 Å². The first-order valence-corrected chi connectivity index (χ1v) is 5.18. The Morgan fingerprint density at radius 3 is 2.93 bits per heavy atom. The number of hydrogen-bond donors (Lipinski definition) is 2. The molecule has 1 saturated heterocycles. The van der Waals surface area contributed by atoms with Crippen LogP contribution in [0.1, 0.15) is 38.5 Å². The van der Waals surface area contributed by atoms with Crippen molar-refractivity contribution in [2.75, 3.05) is 0 Å². The number of nitrogens with one attached hydrogen (secondary N) is 1. The van der Waals surface area contributed by atoms with E-state index in [-0.39, 0.29) is 11.9 Å². The lowest BCUT2D eigenvalue weighted by Gasteiger charge is -2.44. The summed E-state index contributed by atoms with van der Waals surface area (Å²) in [5.74, 6) is -0.726. The molecule has 1 saturated carbocycles. The van der Waals surface area contributed by atoms with Gasteiger partial charge in [-0.3, -0.25) is 9.59 Å². The minimum atomic E-state index is -0.734. The van der Waals surface area contributed by atoms with Crippen molar-refractivity contribution in [1.82, 2.24) is 5.32 Å². The highest BCUT2D eigenvalue weighted by Gasteiger charge is 2.50. The van der Waals surface area contributed by atoms with Gasteiger partial charge in [0.15, 0.2) is 0 Å². The summed E-state index contributed by atoms with van der Waals surface area (Å²) in [5.41, 5.74) is -0.661. The van der Waals surface area contributed by atoms with Crippen molar-refractivity contribution < 1.29 is 14.7 Å². The molecule has 0 radical (unpaired) electrons. The number of piperidine rings is 1. The SMILES string of the molecule is O=C1CCC2(C(=O)O)CCCCC2N1. The van der Waals surface area contributed by atoms with Crippen molar-refractivity contribution in [3.8, 4) is 0 Å². The molecule has 2 rings (SSSR count). The van der Waals surface area contributed by atoms with E-state index in [1.165, 1.54) is 0 Å². The Labute approximate surface area is 82.7 Å². The highest BCUT2D eigenvalue weighted by Crippen LogP contribution is 2.42. The van der Waals surface area contributed by atoms with E-state index in [1.807, 2.05) is 0 Å². The van der Waals surface area contributed by atoms with E-state index >= 15 is 0 Å². The Balaban J connectivity index is 2.24. The topological polar surface area (TPSA) is 66.4 Å². The maximum absolute atomic E-state index is 11.3. The Morgan fingerprint density at radius 1 is 1.43 bits per heavy atom. The van der Waals surface area contributed by atoms with Gasteiger partial charge in [0.2, 0.25) is 5.91 Å². The molecule has 14 heavy (non-hydrogen) atoms. The predicted octanol–water partition coefficient (Wildman–Crippen LogP) is 0.910. The van der Waals surface area contributed by atoms with Crippen molar-refractivity contribution in [3.63, 3.8) is 0 Å². The van der Waals surface area contributed by atoms with Crippen molar-refractivity contribution in [1.29, 1.82) is 0 Å². The number of rotatable bonds is 1. The summed E-state index contributed by atoms with van der Waals surface area (Å²) in [4.78, 5) is 22.4. The molecule has 4 heteroatoms. The maximum atomic E-state index is 11.3. The van der Waals surface area contributed by atoms with Crippen LogP contribution in [-0.4, -0.2) is 23.0 Å². The molecule has 2 fully saturated rings. The van der Waals surface area contributed by atoms with E-state index < -0.39 is 11.4 Å². The van der Waals surface area contributed by atoms with Gasteiger partial charge in [-0.25, -0.2) is 0 Å². The first-order valence-electron chi connectivity index (χ1n) is 5.18. The molecule has 4 nitrogen and oxygen atoms in total. The molecule has 2 unspecified atom stereocenters. The maximum Gasteiger partial charge on any atom is 0.311 e. The molecule has 0 aromatic rings. The average molecular weight is 197 g/mol. The molecule has 1 aliphatic carbocycles. The van der Waals surface area contributed by atoms with Gasteiger partial charge >= 0.3 is 5.97 Å². The summed E-state index contributed by atoms with van der Waals surface area (Å²) >= 11 is 0. The number of carbonyl (C=O) groups is 2. The van der Waals surface area contributed by atoms with Crippen LogP contribution in [0.5, 0.6) is 0 Å². The van der Waals surface area contributed by atoms with Crippen molar-refractivity contribution in [2.24, 2.45) is 5.41 Å². The number of carbonyl (C=O) groups excluding carboxylic acids is 1. The fourth-order valence-electron chi connectivity index (χ4n) is 2.71. The number of carboxylic acids is 1. The number of carboxylic acid groups (broad SMARTS) is 1. The van der Waals surface area contributed by atoms with Crippen LogP contribution < -0.4 is 5.32 Å². The smallest absolute Gasteiger partial charge is 0.311 e. The van der Waals surface area contributed by atoms with Crippen LogP contribution in [0.4, 0.5) is 0 Å². The molecule has 1 amide bonds. The molecule has 0 aromatic heterocycles. The van der Waals surface area contributed by atoms with Crippen molar-refractivity contribution in [2.45, 2.75) is 44.6 Å². The third kappa shape index (κ3) is 1.29. The molecule has 0 bridgehead atoms. The lowest BCUT2D eigenvalue weighted by molar-refractivity contribution is -0.157. The van der Waals surface area contributed by atoms with E-state index in [2.05, 4.69) is 5.32 Å². The molecule has 1 heterocycles. The Bertz CT molecular complexity index is 277. The molecule has 0 aromatic carbocycles. The normalized spacial score (nSPS) is 37.1. The molecular formula is C10H15NO3. The number of aliphatic carboxylic acids is 1. The molecule has 78 valence electrons. The lowest BCUT2D eigenvalue weighted by Crippen LogP contribution is -2.57. The Morgan fingerprint density at radius 2 is 2.21 bits per heavy atom. The van der Waals surface area contributed by atoms with Gasteiger partial charge in [-0.15, -0.1) is 0 Å². The van der Waals surface area contributed by atoms with Crippen LogP contribution in [0, 0.1) is 5.41 Å². The van der Waals surface area contributed by atoms with Gasteiger partial charge in [-0.2, -0.15) is 0 Å². The van der Waals surface area contributed by atoms with Gasteiger partial charge in [0.25, 0.3) is 0 Å². The monoisotopic (exact) mass is 197 g/mol. The van der Waals surface area contributed by atoms with E-state index in [0.717, 1.165) is 19.3 Å². The van der Waals surface area contributed by atoms with Gasteiger partial charge in [0.1, 0.15) is 0 Å². The second-order valence-corrected chi connectivity index (χ2v) is 4.33. The summed E-state index contributed by atoms with van der Waals surface area (Å²) in [6, 6.07) is -0.130. The lowest BCUT2D eigenvalue weighted by atomic mass is 9.66. The minimum Gasteiger partial charge on any atom is -0.481 e. The zero-order valence-corrected chi connectivity index (χ0v) is 8.08. The van der Waals surface area contributed by atoms with Gasteiger partial charge in [0, 0.05) is 12.5 Å². The molecule has 2 atom stereocenters. The van der Waals surface area contributed by atoms with Gasteiger partial charge in [0.05, 0.1) is 5.41 Å². The molecule has 2 N–H and O–H groups in total. The second-order valence-electron chi connectivity index (χ2n) is 4.33. The fourth-order valence-corrected chi connectivity index (χ4v) is 2.71. The zero-order valence-electron chi connectivity index (χ0n) is 8.08. The second kappa shape index (κ2) is 3.26. The van der Waals surface area contributed by atoms with Crippen LogP contribution >= 0.6 is 0 Å². The molecular weight excluding hydrogens is 182 g/mol. The van der Waals surface area contributed by atoms with Crippen LogP contribution in [0.2, 0.25) is 0 Å². The standard InChI is InChI=1S/C10H15NO3/c12-8-4-6-10(9(13)14)5-2-1-3-7(10)11-8/h7H,1-6H2,(H,11,12)(H,13,14). The average Bonchev–Trinajstić information content (AvgIpc) is 2.17. The van der Waals surface area contributed by atoms with Gasteiger partial charge < -0.3 is 10.4 Å². The number of fused-ring (bicyclic) bond motifs is 1. The zero-order chi connectivity index (χ0) is 10.2. The quantitative estimate of drug-likeness (QED) is 0.656. The molecule has 1 aliphatic heterocycles. The first kappa shape index (κ1) is 9.49. The summed E-state index contributed by atoms with van der Waals surface area (Å²) in [5, 5.41) is 12.1. The third-order valence-corrected chi connectivity index (χ3v) is 3.59. The van der Waals surface area contributed by atoms with Gasteiger partial charge in [-0.05, 0) is 19.3 Å². The van der Waals surface area contributed by atoms with E-state index in [0.29, 0.717) is 19.3 Å². The Kier molecular flexibility index (Phi) is 2.21. The summed E-state index contributed by atoms with van der Waals surface area (Å²) in [7, 11) is 0. The predicted molar refractivity (Wildman–Crippen MR) is 49.7 cm³/mol. The fraction of sp³-hybridized carbons (Fsp3) is 0.800. The van der Waals surface area contributed by atoms with E-state index in [4.69, 9.17) is 0 Å². The van der Waals surface area contributed by atoms with Crippen LogP contribution in [0.15, 0.2) is 0 Å². The first-order chi connectivity index (χ1) is 6.65. The van der Waals surface area contributed by atoms with Crippen LogP contribution in [0.3, 0.4) is 0 Å². The van der Waals surface area contributed by atoms with Gasteiger partial charge in [-0.1, -0.05) is 12.8 Å². The highest BCUT2D eigenvalue weighted by molar-refractivity contribution is 5.83. The van der Waals surface area contributed by atoms with Crippen LogP contribution in [0.25, 0.3) is 0 Å². The highest BCUT2D eigenvalue weighted by atomic mass is 16.4.